The summed E-state index contributed by atoms with van der Waals surface area (Å²) in [5.41, 5.74) is 6.79. The second kappa shape index (κ2) is 7.20. The number of anilines is 1. The highest BCUT2D eigenvalue weighted by Crippen LogP contribution is 2.26. The lowest BCUT2D eigenvalue weighted by atomic mass is 10.1. The van der Waals surface area contributed by atoms with E-state index in [1.807, 2.05) is 0 Å². The van der Waals surface area contributed by atoms with Gasteiger partial charge >= 0.3 is 0 Å². The van der Waals surface area contributed by atoms with Crippen LogP contribution in [0.3, 0.4) is 0 Å². The van der Waals surface area contributed by atoms with Crippen molar-refractivity contribution in [3.05, 3.63) is 78.1 Å². The van der Waals surface area contributed by atoms with Crippen LogP contribution in [0.1, 0.15) is 20.7 Å². The Morgan fingerprint density at radius 1 is 0.893 bits per heavy atom. The Balaban J connectivity index is 1.58. The number of amides is 2. The summed E-state index contributed by atoms with van der Waals surface area (Å²) in [6.07, 6.45) is 1.51. The third-order valence-electron chi connectivity index (χ3n) is 3.96. The monoisotopic (exact) mass is 374 g/mol. The SMILES string of the molecule is NC(=O)c1ccccc1C(=O)Nc1cccc(-c2nnc(-c3ccco3)o2)c1. The molecule has 0 spiro atoms. The predicted octanol–water partition coefficient (Wildman–Crippen LogP) is 3.35. The van der Waals surface area contributed by atoms with E-state index in [1.165, 1.54) is 18.4 Å². The smallest absolute Gasteiger partial charge is 0.283 e. The number of nitrogens with two attached hydrogens (primary N) is 1. The van der Waals surface area contributed by atoms with Gasteiger partial charge in [0.2, 0.25) is 11.8 Å². The largest absolute Gasteiger partial charge is 0.459 e. The fraction of sp³-hybridized carbons (Fsp3) is 0. The van der Waals surface area contributed by atoms with E-state index in [0.29, 0.717) is 17.0 Å². The molecule has 2 aromatic carbocycles. The van der Waals surface area contributed by atoms with Crippen LogP contribution < -0.4 is 11.1 Å². The molecule has 0 saturated carbocycles. The molecule has 4 rings (SSSR count). The van der Waals surface area contributed by atoms with Crippen molar-refractivity contribution in [2.45, 2.75) is 0 Å². The van der Waals surface area contributed by atoms with Gasteiger partial charge < -0.3 is 19.9 Å². The molecule has 4 aromatic rings. The number of hydrogen-bond acceptors (Lipinski definition) is 6. The molecular formula is C20H14N4O4. The first-order valence-corrected chi connectivity index (χ1v) is 8.30. The number of aromatic nitrogens is 2. The van der Waals surface area contributed by atoms with Gasteiger partial charge in [-0.05, 0) is 42.5 Å². The van der Waals surface area contributed by atoms with E-state index in [1.54, 1.807) is 48.5 Å². The zero-order chi connectivity index (χ0) is 19.5. The Labute approximate surface area is 159 Å². The molecule has 0 aliphatic heterocycles. The molecular weight excluding hydrogens is 360 g/mol. The molecule has 0 saturated heterocycles. The van der Waals surface area contributed by atoms with Gasteiger partial charge in [-0.25, -0.2) is 0 Å². The summed E-state index contributed by atoms with van der Waals surface area (Å²) >= 11 is 0. The molecule has 2 aromatic heterocycles. The van der Waals surface area contributed by atoms with Crippen molar-refractivity contribution >= 4 is 17.5 Å². The highest BCUT2D eigenvalue weighted by molar-refractivity contribution is 6.11. The summed E-state index contributed by atoms with van der Waals surface area (Å²) in [4.78, 5) is 24.1. The molecule has 8 heteroatoms. The fourth-order valence-electron chi connectivity index (χ4n) is 2.66. The van der Waals surface area contributed by atoms with E-state index in [9.17, 15) is 9.59 Å². The van der Waals surface area contributed by atoms with Crippen LogP contribution in [0.25, 0.3) is 23.1 Å². The maximum atomic E-state index is 12.6. The molecule has 0 fully saturated rings. The minimum atomic E-state index is -0.671. The lowest BCUT2D eigenvalue weighted by Gasteiger charge is -2.08. The molecule has 0 unspecified atom stereocenters. The van der Waals surface area contributed by atoms with E-state index in [0.717, 1.165) is 0 Å². The number of primary amides is 1. The molecule has 138 valence electrons. The molecule has 0 bridgehead atoms. The molecule has 2 heterocycles. The number of furan rings is 1. The first-order chi connectivity index (χ1) is 13.6. The van der Waals surface area contributed by atoms with Crippen LogP contribution in [0.4, 0.5) is 5.69 Å². The summed E-state index contributed by atoms with van der Waals surface area (Å²) in [5.74, 6) is -0.125. The van der Waals surface area contributed by atoms with Gasteiger partial charge in [-0.3, -0.25) is 9.59 Å². The average Bonchev–Trinajstić information content (AvgIpc) is 3.40. The van der Waals surface area contributed by atoms with Gasteiger partial charge in [0.1, 0.15) is 0 Å². The number of rotatable bonds is 5. The fourth-order valence-corrected chi connectivity index (χ4v) is 2.66. The van der Waals surface area contributed by atoms with Crippen molar-refractivity contribution < 1.29 is 18.4 Å². The van der Waals surface area contributed by atoms with Gasteiger partial charge in [0.15, 0.2) is 5.76 Å². The standard InChI is InChI=1S/C20H14N4O4/c21-17(25)14-7-1-2-8-15(14)18(26)22-13-6-3-5-12(11-13)19-23-24-20(28-19)16-9-4-10-27-16/h1-11H,(H2,21,25)(H,22,26). The number of carbonyl (C=O) groups is 2. The highest BCUT2D eigenvalue weighted by Gasteiger charge is 2.16. The summed E-state index contributed by atoms with van der Waals surface area (Å²) in [6, 6.07) is 16.7. The first-order valence-electron chi connectivity index (χ1n) is 8.30. The van der Waals surface area contributed by atoms with E-state index in [2.05, 4.69) is 15.5 Å². The van der Waals surface area contributed by atoms with Crippen molar-refractivity contribution in [3.63, 3.8) is 0 Å². The summed E-state index contributed by atoms with van der Waals surface area (Å²) < 4.78 is 10.9. The van der Waals surface area contributed by atoms with E-state index in [4.69, 9.17) is 14.6 Å². The Morgan fingerprint density at radius 2 is 1.68 bits per heavy atom. The predicted molar refractivity (Wildman–Crippen MR) is 100 cm³/mol. The van der Waals surface area contributed by atoms with Crippen molar-refractivity contribution in [1.29, 1.82) is 0 Å². The summed E-state index contributed by atoms with van der Waals surface area (Å²) in [6.45, 7) is 0. The molecule has 8 nitrogen and oxygen atoms in total. The van der Waals surface area contributed by atoms with Gasteiger partial charge in [0.05, 0.1) is 17.4 Å². The van der Waals surface area contributed by atoms with Crippen molar-refractivity contribution in [1.82, 2.24) is 10.2 Å². The zero-order valence-electron chi connectivity index (χ0n) is 14.5. The number of nitrogens with one attached hydrogen (secondary N) is 1. The van der Waals surface area contributed by atoms with Gasteiger partial charge in [-0.15, -0.1) is 10.2 Å². The third-order valence-corrected chi connectivity index (χ3v) is 3.96. The highest BCUT2D eigenvalue weighted by atomic mass is 16.4. The second-order valence-electron chi connectivity index (χ2n) is 5.83. The maximum absolute atomic E-state index is 12.6. The summed E-state index contributed by atoms with van der Waals surface area (Å²) in [5, 5.41) is 10.7. The lowest BCUT2D eigenvalue weighted by Crippen LogP contribution is -2.20. The number of nitrogens with zero attached hydrogens (tertiary/aromatic N) is 2. The van der Waals surface area contributed by atoms with Gasteiger partial charge in [0.25, 0.3) is 11.8 Å². The molecule has 0 aliphatic carbocycles. The second-order valence-corrected chi connectivity index (χ2v) is 5.83. The minimum Gasteiger partial charge on any atom is -0.459 e. The van der Waals surface area contributed by atoms with Crippen LogP contribution in [0.5, 0.6) is 0 Å². The quantitative estimate of drug-likeness (QED) is 0.552. The number of carbonyl (C=O) groups excluding carboxylic acids is 2. The Kier molecular flexibility index (Phi) is 4.43. The molecule has 3 N–H and O–H groups in total. The van der Waals surface area contributed by atoms with Crippen LogP contribution in [0, 0.1) is 0 Å². The lowest BCUT2D eigenvalue weighted by molar-refractivity contribution is 0.0977. The molecule has 0 radical (unpaired) electrons. The number of benzene rings is 2. The third kappa shape index (κ3) is 3.38. The Hall–Kier alpha value is -4.20. The van der Waals surface area contributed by atoms with Crippen LogP contribution in [-0.4, -0.2) is 22.0 Å². The summed E-state index contributed by atoms with van der Waals surface area (Å²) in [7, 11) is 0. The van der Waals surface area contributed by atoms with E-state index >= 15 is 0 Å². The Bertz CT molecular complexity index is 1150. The van der Waals surface area contributed by atoms with Crippen molar-refractivity contribution in [3.8, 4) is 23.1 Å². The number of hydrogen-bond donors (Lipinski definition) is 2. The van der Waals surface area contributed by atoms with Crippen molar-refractivity contribution in [2.75, 3.05) is 5.32 Å². The molecule has 28 heavy (non-hydrogen) atoms. The molecule has 2 amide bonds. The normalized spacial score (nSPS) is 10.6. The van der Waals surface area contributed by atoms with Crippen LogP contribution in [0.2, 0.25) is 0 Å². The van der Waals surface area contributed by atoms with E-state index < -0.39 is 11.8 Å². The minimum absolute atomic E-state index is 0.149. The van der Waals surface area contributed by atoms with E-state index in [-0.39, 0.29) is 22.9 Å². The van der Waals surface area contributed by atoms with Crippen LogP contribution in [-0.2, 0) is 0 Å². The Morgan fingerprint density at radius 3 is 2.43 bits per heavy atom. The maximum Gasteiger partial charge on any atom is 0.283 e. The average molecular weight is 374 g/mol. The van der Waals surface area contributed by atoms with Crippen LogP contribution in [0.15, 0.2) is 75.8 Å². The van der Waals surface area contributed by atoms with Gasteiger partial charge in [-0.1, -0.05) is 18.2 Å². The van der Waals surface area contributed by atoms with Crippen molar-refractivity contribution in [2.24, 2.45) is 5.73 Å². The van der Waals surface area contributed by atoms with Gasteiger partial charge in [0, 0.05) is 11.3 Å². The van der Waals surface area contributed by atoms with Gasteiger partial charge in [-0.2, -0.15) is 0 Å². The van der Waals surface area contributed by atoms with Crippen LogP contribution >= 0.6 is 0 Å². The topological polar surface area (TPSA) is 124 Å². The molecule has 0 aliphatic rings. The first kappa shape index (κ1) is 17.2. The molecule has 0 atom stereocenters. The zero-order valence-corrected chi connectivity index (χ0v) is 14.5.